The van der Waals surface area contributed by atoms with E-state index in [4.69, 9.17) is 0 Å². The molecule has 0 bridgehead atoms. The molecule has 0 saturated carbocycles. The fourth-order valence-corrected chi connectivity index (χ4v) is 0. The van der Waals surface area contributed by atoms with Crippen LogP contribution in [0.25, 0.3) is 0 Å². The minimum absolute atomic E-state index is 0. The number of hydrogen-bond donors (Lipinski definition) is 0. The van der Waals surface area contributed by atoms with Gasteiger partial charge in [-0.05, 0) is 0 Å². The van der Waals surface area contributed by atoms with Crippen molar-refractivity contribution in [2.75, 3.05) is 0 Å². The second-order valence-corrected chi connectivity index (χ2v) is 0. The molecule has 0 nitrogen and oxygen atoms in total. The quantitative estimate of drug-likeness (QED) is 0.261. The van der Waals surface area contributed by atoms with E-state index >= 15 is 0 Å². The molecule has 0 atom stereocenters. The van der Waals surface area contributed by atoms with Crippen LogP contribution >= 0.6 is 0 Å². The summed E-state index contributed by atoms with van der Waals surface area (Å²) in [5, 5.41) is 0. The van der Waals surface area contributed by atoms with Crippen LogP contribution in [0.4, 0.5) is 4.70 Å². The van der Waals surface area contributed by atoms with E-state index in [0.29, 0.717) is 0 Å². The van der Waals surface area contributed by atoms with Gasteiger partial charge in [-0.25, -0.2) is 0 Å². The number of hydrogen-bond acceptors (Lipinski definition) is 0. The fraction of sp³-hybridized carbons (Fsp3) is 0. The molecule has 0 amide bonds. The molecule has 0 aromatic carbocycles. The smallest absolute Gasteiger partial charge is 1.00 e. The molecule has 0 aromatic rings. The normalized spacial score (nSPS) is 0. The van der Waals surface area contributed by atoms with E-state index in [0.717, 1.165) is 0 Å². The van der Waals surface area contributed by atoms with Crippen LogP contribution in [0.2, 0.25) is 0 Å². The second-order valence-electron chi connectivity index (χ2n) is 0. The molecule has 9 heavy (non-hydrogen) atoms. The topological polar surface area (TPSA) is 0 Å². The van der Waals surface area contributed by atoms with Crippen LogP contribution < -0.4 is 28.2 Å². The Labute approximate surface area is 68.2 Å². The Hall–Kier alpha value is 0.575. The number of rotatable bonds is 0. The molecule has 0 aliphatic heterocycles. The van der Waals surface area contributed by atoms with Crippen molar-refractivity contribution in [3.05, 3.63) is 0 Å². The first-order chi connectivity index (χ1) is 0. The minimum Gasteiger partial charge on any atom is -1.00 e. The minimum atomic E-state index is 0. The Morgan fingerprint density at radius 1 is 0.333 bits per heavy atom. The largest absolute Gasteiger partial charge is 3.00 e. The first-order valence-electron chi connectivity index (χ1n) is 0. The van der Waals surface area contributed by atoms with E-state index < -0.39 is 0 Å². The predicted octanol–water partition coefficient (Wildman–Crippen LogP) is -18.6. The van der Waals surface area contributed by atoms with Gasteiger partial charge in [0.1, 0.15) is 0 Å². The van der Waals surface area contributed by atoms with Gasteiger partial charge in [-0.15, -0.1) is 0 Å². The maximum Gasteiger partial charge on any atom is 3.00 e. The molecule has 0 fully saturated rings. The summed E-state index contributed by atoms with van der Waals surface area (Å²) in [4.78, 5) is 0. The third-order valence-electron chi connectivity index (χ3n) is 0. The van der Waals surface area contributed by atoms with Crippen LogP contribution in [0.5, 0.6) is 0 Å². The average molecular weight is 188 g/mol. The summed E-state index contributed by atoms with van der Waals surface area (Å²) in [6, 6.07) is 0. The van der Waals surface area contributed by atoms with E-state index in [2.05, 4.69) is 0 Å². The molecule has 0 radical (unpaired) electrons. The molecule has 0 aliphatic carbocycles. The first kappa shape index (κ1) is 2130. The summed E-state index contributed by atoms with van der Waals surface area (Å²) in [5.41, 5.74) is 0. The van der Waals surface area contributed by atoms with Gasteiger partial charge in [-0.3, -0.25) is 4.70 Å². The summed E-state index contributed by atoms with van der Waals surface area (Å²) in [7, 11) is 0. The van der Waals surface area contributed by atoms with Gasteiger partial charge in [-0.1, -0.05) is 0 Å². The van der Waals surface area contributed by atoms with Gasteiger partial charge in [0, 0.05) is 0 Å². The second kappa shape index (κ2) is 1490. The molecule has 9 heteroatoms. The van der Waals surface area contributed by atoms with Crippen LogP contribution in [0.15, 0.2) is 0 Å². The van der Waals surface area contributed by atoms with E-state index in [1.165, 1.54) is 0 Å². The van der Waals surface area contributed by atoms with Crippen molar-refractivity contribution < 1.29 is 32.9 Å². The summed E-state index contributed by atoms with van der Waals surface area (Å²) in [6.07, 6.45) is 0. The van der Waals surface area contributed by atoms with Gasteiger partial charge in [0.2, 0.25) is 0 Å². The Kier molecular flexibility index (Phi) is 352000. The van der Waals surface area contributed by atoms with Crippen LogP contribution in [0, 0.1) is 0 Å². The van der Waals surface area contributed by atoms with Crippen molar-refractivity contribution >= 4 is 34.7 Å². The van der Waals surface area contributed by atoms with Crippen LogP contribution in [-0.4, -0.2) is 34.7 Å². The maximum absolute atomic E-state index is 0. The standard InChI is InChI=1S/2Al.7FH/h;;7*1H/q2*+3;;;;;;;/p-6. The Morgan fingerprint density at radius 3 is 0.333 bits per heavy atom. The van der Waals surface area contributed by atoms with Crippen LogP contribution in [0.3, 0.4) is 0 Å². The third-order valence-corrected chi connectivity index (χ3v) is 0. The molecular weight excluding hydrogens is 187 g/mol. The molecule has 0 rings (SSSR count). The number of halogens is 7. The predicted molar refractivity (Wildman–Crippen MR) is 14.0 cm³/mol. The van der Waals surface area contributed by atoms with Crippen molar-refractivity contribution in [2.24, 2.45) is 0 Å². The van der Waals surface area contributed by atoms with Crippen molar-refractivity contribution in [1.29, 1.82) is 0 Å². The summed E-state index contributed by atoms with van der Waals surface area (Å²) >= 11 is 0. The van der Waals surface area contributed by atoms with Gasteiger partial charge in [0.05, 0.1) is 0 Å². The Bertz CT molecular complexity index is 6.88. The van der Waals surface area contributed by atoms with Crippen molar-refractivity contribution in [2.45, 2.75) is 0 Å². The third kappa shape index (κ3) is 1120. The zero-order chi connectivity index (χ0) is 0. The van der Waals surface area contributed by atoms with Gasteiger partial charge in [0.25, 0.3) is 0 Å². The zero-order valence-electron chi connectivity index (χ0n) is 3.83. The molecule has 0 aromatic heterocycles. The van der Waals surface area contributed by atoms with Gasteiger partial charge < -0.3 is 28.2 Å². The Balaban J connectivity index is 0. The van der Waals surface area contributed by atoms with Gasteiger partial charge in [-0.2, -0.15) is 0 Å². The van der Waals surface area contributed by atoms with Crippen LogP contribution in [0.1, 0.15) is 0 Å². The molecule has 0 aliphatic rings. The maximum atomic E-state index is 0. The molecule has 0 heterocycles. The van der Waals surface area contributed by atoms with Crippen molar-refractivity contribution in [3.8, 4) is 0 Å². The SMILES string of the molecule is F.[Al+3].[Al+3].[F-].[F-].[F-].[F-].[F-].[F-]. The monoisotopic (exact) mass is 188 g/mol. The Morgan fingerprint density at radius 2 is 0.333 bits per heavy atom. The van der Waals surface area contributed by atoms with Crippen molar-refractivity contribution in [3.63, 3.8) is 0 Å². The van der Waals surface area contributed by atoms with E-state index in [9.17, 15) is 0 Å². The summed E-state index contributed by atoms with van der Waals surface area (Å²) < 4.78 is 0. The fourth-order valence-electron chi connectivity index (χ4n) is 0. The first-order valence-corrected chi connectivity index (χ1v) is 0. The zero-order valence-corrected chi connectivity index (χ0v) is 6.14. The van der Waals surface area contributed by atoms with Gasteiger partial charge in [0.15, 0.2) is 0 Å². The summed E-state index contributed by atoms with van der Waals surface area (Å²) in [5.74, 6) is 0. The molecular formula is HAl2F7. The van der Waals surface area contributed by atoms with Gasteiger partial charge >= 0.3 is 34.7 Å². The van der Waals surface area contributed by atoms with Crippen molar-refractivity contribution in [1.82, 2.24) is 0 Å². The molecule has 0 spiro atoms. The van der Waals surface area contributed by atoms with E-state index in [1.807, 2.05) is 0 Å². The summed E-state index contributed by atoms with van der Waals surface area (Å²) in [6.45, 7) is 0. The van der Waals surface area contributed by atoms with Crippen LogP contribution in [-0.2, 0) is 0 Å². The molecule has 0 unspecified atom stereocenters. The van der Waals surface area contributed by atoms with E-state index in [-0.39, 0.29) is 67.7 Å². The molecule has 56 valence electrons. The average Bonchev–Trinajstić information content (AvgIpc) is 0. The van der Waals surface area contributed by atoms with E-state index in [1.54, 1.807) is 0 Å². The molecule has 0 saturated heterocycles. The molecule has 0 N–H and O–H groups in total.